The van der Waals surface area contributed by atoms with Gasteiger partial charge < -0.3 is 9.84 Å². The number of nitriles is 1. The maximum absolute atomic E-state index is 15.9. The van der Waals surface area contributed by atoms with Gasteiger partial charge in [-0.05, 0) is 62.1 Å². The van der Waals surface area contributed by atoms with E-state index >= 15 is 4.39 Å². The number of aromatic nitrogens is 1. The molecule has 0 bridgehead atoms. The molecule has 5 rings (SSSR count). The quantitative estimate of drug-likeness (QED) is 0.458. The number of benzene rings is 2. The molecular formula is C28H23ClFN3O4. The first kappa shape index (κ1) is 25.0. The lowest BCUT2D eigenvalue weighted by atomic mass is 9.83. The minimum absolute atomic E-state index is 0.0124. The third kappa shape index (κ3) is 4.40. The zero-order valence-corrected chi connectivity index (χ0v) is 20.7. The van der Waals surface area contributed by atoms with E-state index in [-0.39, 0.29) is 41.5 Å². The van der Waals surface area contributed by atoms with Crippen molar-refractivity contribution in [3.05, 3.63) is 99.1 Å². The standard InChI is InChI=1S/C28H23ClFN3O4/c1-16(34)19-10-24-26(25(30)11-19)28(20-3-5-21(29)6-4-20,37-15-18-8-23(35)9-18)33(27(24)36)14-22-7-2-17(12-31)13-32-22/h2-7,10-11,13,18,23,35H,8-9,14-15H2,1H3/t18?,23?,28-/m1/s1. The van der Waals surface area contributed by atoms with Crippen LogP contribution in [0.15, 0.2) is 54.7 Å². The van der Waals surface area contributed by atoms with Crippen molar-refractivity contribution < 1.29 is 23.8 Å². The number of Topliss-reactive ketones (excluding diaryl/α,β-unsaturated/α-hetero) is 1. The molecule has 1 fully saturated rings. The van der Waals surface area contributed by atoms with Crippen LogP contribution in [-0.2, 0) is 17.0 Å². The van der Waals surface area contributed by atoms with Crippen LogP contribution in [0.2, 0.25) is 5.02 Å². The Bertz CT molecular complexity index is 1420. The number of pyridine rings is 1. The molecule has 1 aromatic heterocycles. The SMILES string of the molecule is CC(=O)c1cc(F)c2c(c1)C(=O)N(Cc1ccc(C#N)cn1)[C@@]2(OCC1CC(O)C1)c1ccc(Cl)cc1. The second-order valence-electron chi connectivity index (χ2n) is 9.43. The normalized spacial score (nSPS) is 22.4. The fourth-order valence-corrected chi connectivity index (χ4v) is 5.09. The average molecular weight is 520 g/mol. The average Bonchev–Trinajstić information content (AvgIpc) is 3.10. The number of aliphatic hydroxyl groups excluding tert-OH is 1. The molecule has 1 aliphatic heterocycles. The van der Waals surface area contributed by atoms with Crippen molar-refractivity contribution in [1.29, 1.82) is 5.26 Å². The summed E-state index contributed by atoms with van der Waals surface area (Å²) in [5.74, 6) is -1.60. The van der Waals surface area contributed by atoms with Crippen LogP contribution in [0, 0.1) is 23.1 Å². The van der Waals surface area contributed by atoms with Gasteiger partial charge in [-0.1, -0.05) is 23.7 Å². The number of carbonyl (C=O) groups excluding carboxylic acids is 2. The predicted octanol–water partition coefficient (Wildman–Crippen LogP) is 4.59. The van der Waals surface area contributed by atoms with Crippen molar-refractivity contribution in [2.75, 3.05) is 6.61 Å². The van der Waals surface area contributed by atoms with Crippen molar-refractivity contribution in [1.82, 2.24) is 9.88 Å². The maximum atomic E-state index is 15.9. The number of ether oxygens (including phenoxy) is 1. The lowest BCUT2D eigenvalue weighted by molar-refractivity contribution is -0.139. The summed E-state index contributed by atoms with van der Waals surface area (Å²) in [6, 6.07) is 14.4. The summed E-state index contributed by atoms with van der Waals surface area (Å²) in [6.07, 6.45) is 2.07. The first-order valence-corrected chi connectivity index (χ1v) is 12.2. The Kier molecular flexibility index (Phi) is 6.54. The molecule has 1 N–H and O–H groups in total. The van der Waals surface area contributed by atoms with Crippen molar-refractivity contribution in [2.24, 2.45) is 5.92 Å². The number of amides is 1. The summed E-state index contributed by atoms with van der Waals surface area (Å²) in [6.45, 7) is 1.42. The van der Waals surface area contributed by atoms with E-state index in [9.17, 15) is 14.7 Å². The largest absolute Gasteiger partial charge is 0.393 e. The Labute approximate surface area is 218 Å². The molecule has 2 aromatic carbocycles. The molecule has 37 heavy (non-hydrogen) atoms. The molecule has 0 saturated heterocycles. The fourth-order valence-electron chi connectivity index (χ4n) is 4.96. The molecule has 7 nitrogen and oxygen atoms in total. The van der Waals surface area contributed by atoms with Crippen molar-refractivity contribution in [3.63, 3.8) is 0 Å². The van der Waals surface area contributed by atoms with Crippen LogP contribution in [0.1, 0.15) is 62.9 Å². The van der Waals surface area contributed by atoms with Gasteiger partial charge in [0.15, 0.2) is 11.5 Å². The summed E-state index contributed by atoms with van der Waals surface area (Å²) in [5, 5.41) is 19.4. The number of halogens is 2. The highest BCUT2D eigenvalue weighted by Crippen LogP contribution is 2.48. The summed E-state index contributed by atoms with van der Waals surface area (Å²) in [4.78, 5) is 31.7. The topological polar surface area (TPSA) is 104 Å². The van der Waals surface area contributed by atoms with Crippen LogP contribution in [0.4, 0.5) is 4.39 Å². The van der Waals surface area contributed by atoms with E-state index < -0.39 is 23.6 Å². The summed E-state index contributed by atoms with van der Waals surface area (Å²) < 4.78 is 22.4. The highest BCUT2D eigenvalue weighted by atomic mass is 35.5. The molecule has 2 aliphatic rings. The van der Waals surface area contributed by atoms with Crippen LogP contribution >= 0.6 is 11.6 Å². The van der Waals surface area contributed by atoms with Crippen LogP contribution in [0.3, 0.4) is 0 Å². The predicted molar refractivity (Wildman–Crippen MR) is 132 cm³/mol. The van der Waals surface area contributed by atoms with Gasteiger partial charge in [0, 0.05) is 22.3 Å². The van der Waals surface area contributed by atoms with Gasteiger partial charge in [-0.2, -0.15) is 5.26 Å². The number of nitrogens with zero attached hydrogens (tertiary/aromatic N) is 3. The van der Waals surface area contributed by atoms with Crippen molar-refractivity contribution in [2.45, 2.75) is 38.1 Å². The highest BCUT2D eigenvalue weighted by molar-refractivity contribution is 6.30. The third-order valence-corrected chi connectivity index (χ3v) is 7.19. The number of rotatable bonds is 7. The van der Waals surface area contributed by atoms with Gasteiger partial charge in [0.05, 0.1) is 41.6 Å². The Balaban J connectivity index is 1.69. The first-order chi connectivity index (χ1) is 17.7. The van der Waals surface area contributed by atoms with Crippen LogP contribution in [0.5, 0.6) is 0 Å². The lowest BCUT2D eigenvalue weighted by Gasteiger charge is -2.42. The second-order valence-corrected chi connectivity index (χ2v) is 9.87. The van der Waals surface area contributed by atoms with E-state index in [0.717, 1.165) is 6.07 Å². The molecule has 188 valence electrons. The molecule has 1 atom stereocenters. The number of fused-ring (bicyclic) bond motifs is 1. The molecule has 2 heterocycles. The number of ketones is 1. The van der Waals surface area contributed by atoms with Gasteiger partial charge in [0.2, 0.25) is 0 Å². The van der Waals surface area contributed by atoms with Gasteiger partial charge in [-0.25, -0.2) is 4.39 Å². The van der Waals surface area contributed by atoms with E-state index in [1.54, 1.807) is 36.4 Å². The molecule has 0 spiro atoms. The number of carbonyl (C=O) groups is 2. The molecule has 9 heteroatoms. The number of aliphatic hydroxyl groups is 1. The number of hydrogen-bond donors (Lipinski definition) is 1. The Morgan fingerprint density at radius 2 is 2.00 bits per heavy atom. The molecular weight excluding hydrogens is 497 g/mol. The van der Waals surface area contributed by atoms with E-state index in [4.69, 9.17) is 21.6 Å². The molecule has 1 saturated carbocycles. The Morgan fingerprint density at radius 1 is 1.27 bits per heavy atom. The summed E-state index contributed by atoms with van der Waals surface area (Å²) >= 11 is 6.15. The van der Waals surface area contributed by atoms with Crippen molar-refractivity contribution >= 4 is 23.3 Å². The lowest BCUT2D eigenvalue weighted by Crippen LogP contribution is -2.48. The third-order valence-electron chi connectivity index (χ3n) is 6.94. The van der Waals surface area contributed by atoms with Crippen LogP contribution in [0.25, 0.3) is 0 Å². The minimum Gasteiger partial charge on any atom is -0.393 e. The smallest absolute Gasteiger partial charge is 0.257 e. The van der Waals surface area contributed by atoms with Gasteiger partial charge in [-0.3, -0.25) is 19.5 Å². The van der Waals surface area contributed by atoms with E-state index in [0.29, 0.717) is 34.7 Å². The zero-order chi connectivity index (χ0) is 26.3. The van der Waals surface area contributed by atoms with E-state index in [2.05, 4.69) is 4.98 Å². The summed E-state index contributed by atoms with van der Waals surface area (Å²) in [7, 11) is 0. The first-order valence-electron chi connectivity index (χ1n) is 11.8. The molecule has 0 unspecified atom stereocenters. The summed E-state index contributed by atoms with van der Waals surface area (Å²) in [5.41, 5.74) is -0.246. The van der Waals surface area contributed by atoms with Crippen LogP contribution < -0.4 is 0 Å². The van der Waals surface area contributed by atoms with Gasteiger partial charge in [0.1, 0.15) is 11.9 Å². The highest BCUT2D eigenvalue weighted by Gasteiger charge is 2.55. The van der Waals surface area contributed by atoms with E-state index in [1.807, 2.05) is 6.07 Å². The fraction of sp³-hybridized carbons (Fsp3) is 0.286. The van der Waals surface area contributed by atoms with Crippen LogP contribution in [-0.4, -0.2) is 39.4 Å². The van der Waals surface area contributed by atoms with Gasteiger partial charge in [0.25, 0.3) is 5.91 Å². The monoisotopic (exact) mass is 519 g/mol. The zero-order valence-electron chi connectivity index (χ0n) is 19.9. The molecule has 1 amide bonds. The van der Waals surface area contributed by atoms with Crippen molar-refractivity contribution in [3.8, 4) is 6.07 Å². The minimum atomic E-state index is -1.67. The van der Waals surface area contributed by atoms with Gasteiger partial charge in [-0.15, -0.1) is 0 Å². The van der Waals surface area contributed by atoms with E-state index in [1.165, 1.54) is 24.1 Å². The molecule has 3 aromatic rings. The second kappa shape index (κ2) is 9.67. The Hall–Kier alpha value is -3.64. The molecule has 1 aliphatic carbocycles. The number of hydrogen-bond acceptors (Lipinski definition) is 6. The Morgan fingerprint density at radius 3 is 2.59 bits per heavy atom. The van der Waals surface area contributed by atoms with Gasteiger partial charge >= 0.3 is 0 Å². The molecule has 0 radical (unpaired) electrons. The maximum Gasteiger partial charge on any atom is 0.257 e.